The Kier molecular flexibility index (Phi) is 12.0. The molecule has 0 heterocycles. The Labute approximate surface area is 269 Å². The van der Waals surface area contributed by atoms with Crippen LogP contribution in [0, 0.1) is 0 Å². The largest absolute Gasteiger partial charge is 0.417 e. The Morgan fingerprint density at radius 3 is 2.05 bits per heavy atom. The lowest BCUT2D eigenvalue weighted by Crippen LogP contribution is -2.53. The van der Waals surface area contributed by atoms with Crippen molar-refractivity contribution >= 4 is 62.3 Å². The van der Waals surface area contributed by atoms with Gasteiger partial charge in [-0.1, -0.05) is 72.9 Å². The van der Waals surface area contributed by atoms with E-state index >= 15 is 0 Å². The minimum atomic E-state index is -4.91. The zero-order valence-corrected chi connectivity index (χ0v) is 27.1. The molecule has 2 atom stereocenters. The van der Waals surface area contributed by atoms with Gasteiger partial charge in [0.25, 0.3) is 10.0 Å². The summed E-state index contributed by atoms with van der Waals surface area (Å²) in [7, 11) is -4.60. The number of amides is 2. The summed E-state index contributed by atoms with van der Waals surface area (Å²) in [5.74, 6) is -1.38. The zero-order valence-electron chi connectivity index (χ0n) is 24.0. The Bertz CT molecular complexity index is 1570. The van der Waals surface area contributed by atoms with Crippen molar-refractivity contribution in [3.63, 3.8) is 0 Å². The Hall–Kier alpha value is -2.99. The van der Waals surface area contributed by atoms with E-state index in [2.05, 4.69) is 5.32 Å². The van der Waals surface area contributed by atoms with Crippen molar-refractivity contribution in [3.8, 4) is 0 Å². The summed E-state index contributed by atoms with van der Waals surface area (Å²) in [4.78, 5) is 28.4. The van der Waals surface area contributed by atoms with E-state index in [-0.39, 0.29) is 33.9 Å². The lowest BCUT2D eigenvalue weighted by Gasteiger charge is -2.34. The number of carbonyl (C=O) groups excluding carboxylic acids is 2. The second-order valence-corrected chi connectivity index (χ2v) is 13.0. The van der Waals surface area contributed by atoms with Crippen LogP contribution < -0.4 is 9.62 Å². The van der Waals surface area contributed by atoms with E-state index in [1.54, 1.807) is 38.1 Å². The van der Waals surface area contributed by atoms with Crippen LogP contribution in [0.2, 0.25) is 15.1 Å². The molecule has 0 bridgehead atoms. The molecule has 7 nitrogen and oxygen atoms in total. The number of halogens is 6. The molecule has 1 N–H and O–H groups in total. The maximum Gasteiger partial charge on any atom is 0.417 e. The lowest BCUT2D eigenvalue weighted by molar-refractivity contribution is -0.140. The number of sulfonamides is 1. The van der Waals surface area contributed by atoms with Gasteiger partial charge in [0, 0.05) is 28.2 Å². The summed E-state index contributed by atoms with van der Waals surface area (Å²) in [6.45, 7) is 4.09. The van der Waals surface area contributed by atoms with Gasteiger partial charge in [-0.25, -0.2) is 8.42 Å². The zero-order chi connectivity index (χ0) is 32.8. The van der Waals surface area contributed by atoms with Gasteiger partial charge in [0.1, 0.15) is 12.6 Å². The summed E-state index contributed by atoms with van der Waals surface area (Å²) in [5.41, 5.74) is -1.43. The summed E-state index contributed by atoms with van der Waals surface area (Å²) < 4.78 is 69.7. The summed E-state index contributed by atoms with van der Waals surface area (Å²) in [6, 6.07) is 12.9. The molecule has 0 aliphatic carbocycles. The van der Waals surface area contributed by atoms with E-state index < -0.39 is 56.9 Å². The number of hydrogen-bond acceptors (Lipinski definition) is 4. The molecule has 0 radical (unpaired) electrons. The molecule has 0 spiro atoms. The van der Waals surface area contributed by atoms with Crippen LogP contribution in [-0.2, 0) is 32.3 Å². The van der Waals surface area contributed by atoms with Crippen LogP contribution in [0.15, 0.2) is 71.6 Å². The van der Waals surface area contributed by atoms with Crippen LogP contribution in [0.4, 0.5) is 18.9 Å². The summed E-state index contributed by atoms with van der Waals surface area (Å²) in [5, 5.41) is 2.59. The van der Waals surface area contributed by atoms with Gasteiger partial charge in [-0.15, -0.1) is 0 Å². The van der Waals surface area contributed by atoms with Crippen LogP contribution in [0.25, 0.3) is 0 Å². The van der Waals surface area contributed by atoms with E-state index in [0.717, 1.165) is 17.0 Å². The van der Waals surface area contributed by atoms with Gasteiger partial charge < -0.3 is 10.2 Å². The standard InChI is InChI=1S/C30H31Cl3F3N3O4S/c1-4-19(3)37-29(41)27(5-2)38(17-22-24(31)12-9-13-25(22)32)28(40)18-39(44(42,43)21-10-7-6-8-11-21)20-14-15-26(33)23(16-20)30(34,35)36/h6-16,19,27H,4-5,17-18H2,1-3H3,(H,37,41)/t19-,27+/m0/s1. The highest BCUT2D eigenvalue weighted by atomic mass is 35.5. The van der Waals surface area contributed by atoms with Crippen molar-refractivity contribution in [2.75, 3.05) is 10.8 Å². The maximum absolute atomic E-state index is 14.1. The van der Waals surface area contributed by atoms with Gasteiger partial charge in [0.15, 0.2) is 0 Å². The van der Waals surface area contributed by atoms with Gasteiger partial charge in [0.2, 0.25) is 11.8 Å². The fourth-order valence-corrected chi connectivity index (χ4v) is 6.52. The lowest BCUT2D eigenvalue weighted by atomic mass is 10.1. The first-order chi connectivity index (χ1) is 20.6. The first kappa shape index (κ1) is 35.5. The number of alkyl halides is 3. The average molecular weight is 693 g/mol. The molecule has 0 saturated carbocycles. The number of hydrogen-bond donors (Lipinski definition) is 1. The predicted octanol–water partition coefficient (Wildman–Crippen LogP) is 7.58. The molecule has 0 unspecified atom stereocenters. The molecule has 0 fully saturated rings. The highest BCUT2D eigenvalue weighted by Crippen LogP contribution is 2.38. The Balaban J connectivity index is 2.18. The molecule has 3 aromatic carbocycles. The van der Waals surface area contributed by atoms with Crippen LogP contribution in [0.3, 0.4) is 0 Å². The molecule has 14 heteroatoms. The molecule has 0 aliphatic rings. The molecule has 0 saturated heterocycles. The smallest absolute Gasteiger partial charge is 0.352 e. The average Bonchev–Trinajstić information content (AvgIpc) is 2.97. The first-order valence-corrected chi connectivity index (χ1v) is 16.2. The molecule has 238 valence electrons. The topological polar surface area (TPSA) is 86.8 Å². The van der Waals surface area contributed by atoms with Crippen molar-refractivity contribution in [1.82, 2.24) is 10.2 Å². The quantitative estimate of drug-likeness (QED) is 0.212. The molecule has 0 aromatic heterocycles. The highest BCUT2D eigenvalue weighted by molar-refractivity contribution is 7.92. The third kappa shape index (κ3) is 8.38. The molecule has 3 rings (SSSR count). The Morgan fingerprint density at radius 1 is 0.886 bits per heavy atom. The number of rotatable bonds is 12. The highest BCUT2D eigenvalue weighted by Gasteiger charge is 2.37. The second-order valence-electron chi connectivity index (χ2n) is 9.95. The van der Waals surface area contributed by atoms with Gasteiger partial charge in [-0.3, -0.25) is 13.9 Å². The van der Waals surface area contributed by atoms with Crippen LogP contribution in [-0.4, -0.2) is 43.8 Å². The molecule has 0 aliphatic heterocycles. The van der Waals surface area contributed by atoms with Gasteiger partial charge in [-0.2, -0.15) is 13.2 Å². The fourth-order valence-electron chi connectivity index (χ4n) is 4.35. The molecular formula is C30H31Cl3F3N3O4S. The van der Waals surface area contributed by atoms with Crippen molar-refractivity contribution in [1.29, 1.82) is 0 Å². The van der Waals surface area contributed by atoms with Crippen LogP contribution >= 0.6 is 34.8 Å². The van der Waals surface area contributed by atoms with Gasteiger partial charge in [0.05, 0.1) is 21.2 Å². The number of anilines is 1. The number of benzene rings is 3. The van der Waals surface area contributed by atoms with E-state index in [1.807, 2.05) is 6.92 Å². The monoisotopic (exact) mass is 691 g/mol. The first-order valence-electron chi connectivity index (χ1n) is 13.6. The molecule has 3 aromatic rings. The van der Waals surface area contributed by atoms with Gasteiger partial charge in [-0.05, 0) is 62.2 Å². The van der Waals surface area contributed by atoms with E-state index in [4.69, 9.17) is 34.8 Å². The minimum Gasteiger partial charge on any atom is -0.352 e. The van der Waals surface area contributed by atoms with Crippen molar-refractivity contribution in [3.05, 3.63) is 92.9 Å². The van der Waals surface area contributed by atoms with E-state index in [1.165, 1.54) is 24.3 Å². The summed E-state index contributed by atoms with van der Waals surface area (Å²) >= 11 is 18.6. The number of carbonyl (C=O) groups is 2. The molecule has 44 heavy (non-hydrogen) atoms. The van der Waals surface area contributed by atoms with E-state index in [9.17, 15) is 31.2 Å². The fraction of sp³-hybridized carbons (Fsp3) is 0.333. The number of nitrogens with one attached hydrogen (secondary N) is 1. The predicted molar refractivity (Wildman–Crippen MR) is 166 cm³/mol. The maximum atomic E-state index is 14.1. The minimum absolute atomic E-state index is 0.126. The molecule has 2 amide bonds. The second kappa shape index (κ2) is 14.9. The van der Waals surface area contributed by atoms with Gasteiger partial charge >= 0.3 is 6.18 Å². The number of nitrogens with zero attached hydrogens (tertiary/aromatic N) is 2. The summed E-state index contributed by atoms with van der Waals surface area (Å²) in [6.07, 6.45) is -4.18. The normalized spacial score (nSPS) is 13.2. The van der Waals surface area contributed by atoms with E-state index in [0.29, 0.717) is 22.4 Å². The van der Waals surface area contributed by atoms with Crippen molar-refractivity contribution in [2.24, 2.45) is 0 Å². The van der Waals surface area contributed by atoms with Crippen LogP contribution in [0.5, 0.6) is 0 Å². The van der Waals surface area contributed by atoms with Crippen molar-refractivity contribution in [2.45, 2.75) is 63.3 Å². The van der Waals surface area contributed by atoms with Crippen molar-refractivity contribution < 1.29 is 31.2 Å². The third-order valence-electron chi connectivity index (χ3n) is 6.93. The SMILES string of the molecule is CC[C@H](C(=O)N[C@@H](C)CC)N(Cc1c(Cl)cccc1Cl)C(=O)CN(c1ccc(Cl)c(C(F)(F)F)c1)S(=O)(=O)c1ccccc1. The third-order valence-corrected chi connectivity index (χ3v) is 9.76. The molecular weight excluding hydrogens is 662 g/mol. The van der Waals surface area contributed by atoms with Crippen LogP contribution in [0.1, 0.15) is 44.7 Å². The Morgan fingerprint density at radius 2 is 1.50 bits per heavy atom.